The van der Waals surface area contributed by atoms with Crippen LogP contribution in [0.4, 0.5) is 23.1 Å². The van der Waals surface area contributed by atoms with E-state index in [1.807, 2.05) is 203 Å². The first kappa shape index (κ1) is 76.5. The van der Waals surface area contributed by atoms with Crippen LogP contribution in [-0.2, 0) is 20.8 Å². The summed E-state index contributed by atoms with van der Waals surface area (Å²) in [7, 11) is 3.96. The van der Waals surface area contributed by atoms with E-state index in [1.54, 1.807) is 21.7 Å². The summed E-state index contributed by atoms with van der Waals surface area (Å²) in [5, 5.41) is 27.7. The van der Waals surface area contributed by atoms with E-state index in [-0.39, 0.29) is 41.8 Å². The zero-order chi connectivity index (χ0) is 77.7. The number of anilines is 4. The molecule has 6 amide bonds. The van der Waals surface area contributed by atoms with E-state index in [9.17, 15) is 28.8 Å². The molecule has 0 spiro atoms. The Morgan fingerprint density at radius 1 is 0.532 bits per heavy atom. The molecule has 0 radical (unpaired) electrons. The highest BCUT2D eigenvalue weighted by molar-refractivity contribution is 6.33. The van der Waals surface area contributed by atoms with Gasteiger partial charge in [-0.25, -0.2) is 14.0 Å². The van der Waals surface area contributed by atoms with Crippen LogP contribution in [0.5, 0.6) is 28.7 Å². The van der Waals surface area contributed by atoms with Crippen LogP contribution in [0, 0.1) is 11.8 Å². The van der Waals surface area contributed by atoms with Crippen LogP contribution in [0.3, 0.4) is 0 Å². The summed E-state index contributed by atoms with van der Waals surface area (Å²) < 4.78 is 23.3. The topological polar surface area (TPSA) is 319 Å². The van der Waals surface area contributed by atoms with Crippen molar-refractivity contribution in [2.45, 2.75) is 56.7 Å². The highest BCUT2D eigenvalue weighted by Crippen LogP contribution is 2.44. The van der Waals surface area contributed by atoms with E-state index in [0.29, 0.717) is 112 Å². The fourth-order valence-corrected chi connectivity index (χ4v) is 14.9. The minimum absolute atomic E-state index is 0.0551. The monoisotopic (exact) mass is 1510 g/mol. The number of carbonyl (C=O) groups excluding carboxylic acids is 6. The fraction of sp³-hybridized carbons (Fsp3) is 0.259. The number of hydrogen-bond acceptors (Lipinski definition) is 16. The number of likely N-dealkylation sites (tertiary alicyclic amines) is 2. The first-order valence-electron chi connectivity index (χ1n) is 37.1. The van der Waals surface area contributed by atoms with E-state index in [4.69, 9.17) is 58.3 Å². The van der Waals surface area contributed by atoms with Crippen LogP contribution in [0.15, 0.2) is 219 Å². The summed E-state index contributed by atoms with van der Waals surface area (Å²) >= 11 is 6.30. The van der Waals surface area contributed by atoms with E-state index in [2.05, 4.69) is 46.6 Å². The van der Waals surface area contributed by atoms with Crippen molar-refractivity contribution in [3.63, 3.8) is 0 Å². The standard InChI is InChI=1S/C30H36N6O3.C28H24ClN5O3.C27H29N5O3/c1-34(2)18-6-9-26(37)35-19-15-21(16-20-35)25-14-17-32-30-27(29(31)38)28(33-36(25)30)22-10-12-24(13-11-22)39-23-7-4-3-5-8-23;1-2-24(35)32-22-16-18(10-13-21(22)29)23-14-15-31-28-25(27(30)36)26(33-34(23)28)17-8-11-20(12-9-17)37-19-6-4-3-5-7-19;1-2-23(33)31-16-20(17-31)22-12-14-29-27-24(26(28)34)25(30-32(22)27)19-8-10-21(11-9-19)35-15-13-18-6-4-3-5-7-18/h3-13,21,25,32H,14-20H2,1-2H3,(H2,31,38);2-13,16,23,31H,1,14-15H2,(H2,30,36)(H,32,35);2-11,20,22,29H,1,12-17H2,(H2,28,34)/b9-6+;;. The molecule has 15 rings (SSSR count). The molecule has 570 valence electrons. The van der Waals surface area contributed by atoms with Crippen molar-refractivity contribution in [1.82, 2.24) is 44.0 Å². The molecule has 0 aliphatic carbocycles. The molecule has 25 nitrogen and oxygen atoms in total. The number of nitrogens with one attached hydrogen (secondary N) is 4. The van der Waals surface area contributed by atoms with Gasteiger partial charge in [-0.15, -0.1) is 0 Å². The molecule has 10 N–H and O–H groups in total. The highest BCUT2D eigenvalue weighted by Gasteiger charge is 2.41. The Morgan fingerprint density at radius 3 is 1.46 bits per heavy atom. The third-order valence-electron chi connectivity index (χ3n) is 20.3. The maximum Gasteiger partial charge on any atom is 0.254 e. The largest absolute Gasteiger partial charge is 0.493 e. The lowest BCUT2D eigenvalue weighted by atomic mass is 9.87. The molecule has 5 aliphatic heterocycles. The Balaban J connectivity index is 0.000000146. The number of fused-ring (bicyclic) bond motifs is 3. The fourth-order valence-electron chi connectivity index (χ4n) is 14.7. The van der Waals surface area contributed by atoms with Crippen LogP contribution in [0.1, 0.15) is 92.4 Å². The Kier molecular flexibility index (Phi) is 24.2. The third-order valence-corrected chi connectivity index (χ3v) is 20.6. The number of aromatic nitrogens is 6. The number of nitrogens with zero attached hydrogens (tertiary/aromatic N) is 9. The van der Waals surface area contributed by atoms with Gasteiger partial charge in [0.15, 0.2) is 0 Å². The molecular weight excluding hydrogens is 1420 g/mol. The number of amides is 6. The molecule has 3 aromatic heterocycles. The maximum atomic E-state index is 12.6. The number of halogens is 1. The van der Waals surface area contributed by atoms with Gasteiger partial charge in [0.25, 0.3) is 17.7 Å². The van der Waals surface area contributed by atoms with Gasteiger partial charge in [-0.1, -0.05) is 104 Å². The number of para-hydroxylation sites is 2. The minimum Gasteiger partial charge on any atom is -0.493 e. The van der Waals surface area contributed by atoms with Crippen molar-refractivity contribution in [3.8, 4) is 62.5 Å². The Labute approximate surface area is 648 Å². The van der Waals surface area contributed by atoms with Crippen molar-refractivity contribution in [2.75, 3.05) is 94.3 Å². The van der Waals surface area contributed by atoms with E-state index in [0.717, 1.165) is 104 Å². The van der Waals surface area contributed by atoms with Crippen LogP contribution in [0.25, 0.3) is 33.8 Å². The molecule has 3 unspecified atom stereocenters. The molecule has 26 heteroatoms. The Bertz CT molecular complexity index is 5030. The lowest BCUT2D eigenvalue weighted by Crippen LogP contribution is -2.53. The summed E-state index contributed by atoms with van der Waals surface area (Å²) in [5.74, 6) is 4.16. The molecule has 10 aromatic rings. The van der Waals surface area contributed by atoms with Crippen LogP contribution in [-0.4, -0.2) is 153 Å². The number of piperidine rings is 1. The lowest BCUT2D eigenvalue weighted by molar-refractivity contribution is -0.133. The number of hydrogen-bond donors (Lipinski definition) is 7. The van der Waals surface area contributed by atoms with Gasteiger partial charge in [0.1, 0.15) is 80.0 Å². The van der Waals surface area contributed by atoms with Gasteiger partial charge in [-0.2, -0.15) is 15.3 Å². The first-order chi connectivity index (χ1) is 53.9. The average molecular weight is 1510 g/mol. The summed E-state index contributed by atoms with van der Waals surface area (Å²) in [6, 6.07) is 57.2. The van der Waals surface area contributed by atoms with Gasteiger partial charge in [-0.3, -0.25) is 28.8 Å². The van der Waals surface area contributed by atoms with E-state index >= 15 is 0 Å². The maximum absolute atomic E-state index is 12.6. The van der Waals surface area contributed by atoms with Crippen molar-refractivity contribution < 1.29 is 43.0 Å². The second-order valence-electron chi connectivity index (χ2n) is 27.9. The van der Waals surface area contributed by atoms with Gasteiger partial charge in [0, 0.05) is 87.5 Å². The predicted molar refractivity (Wildman–Crippen MR) is 430 cm³/mol. The Hall–Kier alpha value is -12.7. The predicted octanol–water partition coefficient (Wildman–Crippen LogP) is 13.1. The Morgan fingerprint density at radius 2 is 0.982 bits per heavy atom. The lowest BCUT2D eigenvalue weighted by Gasteiger charge is -2.44. The molecule has 8 heterocycles. The van der Waals surface area contributed by atoms with Crippen molar-refractivity contribution >= 4 is 70.2 Å². The average Bonchev–Trinajstić information content (AvgIpc) is 1.62. The quantitative estimate of drug-likeness (QED) is 0.0293. The first-order valence-corrected chi connectivity index (χ1v) is 37.4. The zero-order valence-electron chi connectivity index (χ0n) is 61.8. The van der Waals surface area contributed by atoms with Crippen molar-refractivity contribution in [3.05, 3.63) is 252 Å². The van der Waals surface area contributed by atoms with E-state index < -0.39 is 17.7 Å². The number of primary amides is 3. The van der Waals surface area contributed by atoms with Crippen LogP contribution in [0.2, 0.25) is 5.02 Å². The smallest absolute Gasteiger partial charge is 0.254 e. The number of nitrogens with two attached hydrogens (primary N) is 3. The number of ether oxygens (including phenoxy) is 3. The molecule has 2 fully saturated rings. The SMILES string of the molecule is C=CC(=O)N1CC(C2CCNc3c(C(N)=O)c(-c4ccc(OCCc5ccccc5)cc4)nn32)C1.C=CC(=O)Nc1cc(C2CCNc3c(C(N)=O)c(-c4ccc(Oc5ccccc5)cc4)nn32)ccc1Cl.CN(C)C/C=C/C(=O)N1CCC(C2CCNc3c(C(N)=O)c(-c4ccc(Oc5ccccc5)cc4)nn32)CC1. The molecule has 5 aliphatic rings. The van der Waals surface area contributed by atoms with Gasteiger partial charge in [0.05, 0.1) is 35.4 Å². The van der Waals surface area contributed by atoms with Gasteiger partial charge < -0.3 is 67.4 Å². The molecule has 0 bridgehead atoms. The van der Waals surface area contributed by atoms with Gasteiger partial charge >= 0.3 is 0 Å². The summed E-state index contributed by atoms with van der Waals surface area (Å²) in [6.07, 6.45) is 11.2. The number of rotatable bonds is 23. The third kappa shape index (κ3) is 17.9. The van der Waals surface area contributed by atoms with Crippen molar-refractivity contribution in [2.24, 2.45) is 29.0 Å². The summed E-state index contributed by atoms with van der Waals surface area (Å²) in [4.78, 5) is 79.7. The molecule has 0 saturated carbocycles. The number of carbonyl (C=O) groups is 6. The summed E-state index contributed by atoms with van der Waals surface area (Å²) in [6.45, 7) is 13.2. The van der Waals surface area contributed by atoms with Crippen LogP contribution < -0.4 is 52.7 Å². The normalized spacial score (nSPS) is 16.4. The second-order valence-corrected chi connectivity index (χ2v) is 28.3. The zero-order valence-corrected chi connectivity index (χ0v) is 62.6. The van der Waals surface area contributed by atoms with E-state index in [1.165, 1.54) is 17.7 Å². The van der Waals surface area contributed by atoms with Gasteiger partial charge in [0.2, 0.25) is 17.7 Å². The second kappa shape index (κ2) is 35.1. The number of benzene rings is 7. The molecule has 2 saturated heterocycles. The van der Waals surface area contributed by atoms with Gasteiger partial charge in [-0.05, 0) is 185 Å². The molecule has 111 heavy (non-hydrogen) atoms. The minimum atomic E-state index is -0.580. The molecule has 3 atom stereocenters. The molecule has 7 aromatic carbocycles. The number of likely N-dealkylation sites (N-methyl/N-ethyl adjacent to an activating group) is 1. The highest BCUT2D eigenvalue weighted by atomic mass is 35.5. The summed E-state index contributed by atoms with van der Waals surface area (Å²) in [5.41, 5.74) is 25.1. The van der Waals surface area contributed by atoms with Crippen molar-refractivity contribution in [1.29, 1.82) is 0 Å². The molecular formula is C85H89ClN16O9. The van der Waals surface area contributed by atoms with Crippen LogP contribution >= 0.6 is 11.6 Å².